The Morgan fingerprint density at radius 3 is 1.60 bits per heavy atom. The molecule has 0 saturated heterocycles. The number of fused-ring (bicyclic) bond motifs is 7. The minimum atomic E-state index is -0.496. The molecule has 6 rings (SSSR count). The Balaban J connectivity index is 1.69. The maximum absolute atomic E-state index is 12.2. The molecule has 0 unspecified atom stereocenters. The molecule has 0 aliphatic heterocycles. The van der Waals surface area contributed by atoms with Crippen molar-refractivity contribution in [2.24, 2.45) is 0 Å². The lowest BCUT2D eigenvalue weighted by Gasteiger charge is -2.12. The number of hydrogen-bond acceptors (Lipinski definition) is 2. The molecule has 142 valence electrons. The van der Waals surface area contributed by atoms with Crippen molar-refractivity contribution in [1.29, 1.82) is 0 Å². The Bertz CT molecular complexity index is 1710. The number of H-pyrrole nitrogens is 2. The number of aromatic amines is 2. The molecule has 6 aromatic rings. The van der Waals surface area contributed by atoms with Crippen LogP contribution in [-0.2, 0) is 0 Å². The number of rotatable bonds is 1. The van der Waals surface area contributed by atoms with Crippen molar-refractivity contribution >= 4 is 43.2 Å². The Kier molecular flexibility index (Phi) is 3.44. The van der Waals surface area contributed by atoms with Gasteiger partial charge in [-0.25, -0.2) is 4.79 Å². The summed E-state index contributed by atoms with van der Waals surface area (Å²) in [6.45, 7) is 0. The normalized spacial score (nSPS) is 11.6. The minimum Gasteiger partial charge on any atom is -0.307 e. The van der Waals surface area contributed by atoms with E-state index < -0.39 is 5.69 Å². The topological polar surface area (TPSA) is 65.7 Å². The first-order chi connectivity index (χ1) is 14.7. The van der Waals surface area contributed by atoms with Crippen LogP contribution in [0.3, 0.4) is 0 Å². The van der Waals surface area contributed by atoms with Gasteiger partial charge in [0.15, 0.2) is 0 Å². The molecule has 1 heterocycles. The molecule has 0 atom stereocenters. The third-order valence-electron chi connectivity index (χ3n) is 5.82. The molecule has 0 fully saturated rings. The zero-order chi connectivity index (χ0) is 20.2. The van der Waals surface area contributed by atoms with Crippen LogP contribution >= 0.6 is 0 Å². The van der Waals surface area contributed by atoms with Crippen molar-refractivity contribution in [1.82, 2.24) is 9.97 Å². The van der Waals surface area contributed by atoms with Gasteiger partial charge in [0.2, 0.25) is 0 Å². The Morgan fingerprint density at radius 1 is 0.467 bits per heavy atom. The van der Waals surface area contributed by atoms with Gasteiger partial charge in [-0.2, -0.15) is 0 Å². The maximum atomic E-state index is 12.2. The van der Waals surface area contributed by atoms with E-state index in [0.717, 1.165) is 11.1 Å². The lowest BCUT2D eigenvalue weighted by atomic mass is 9.92. The van der Waals surface area contributed by atoms with Crippen LogP contribution in [0.25, 0.3) is 54.3 Å². The van der Waals surface area contributed by atoms with Gasteiger partial charge in [0.25, 0.3) is 5.56 Å². The fourth-order valence-electron chi connectivity index (χ4n) is 4.43. The second-order valence-corrected chi connectivity index (χ2v) is 7.52. The first-order valence-electron chi connectivity index (χ1n) is 9.79. The first-order valence-corrected chi connectivity index (χ1v) is 9.79. The second kappa shape index (κ2) is 6.16. The summed E-state index contributed by atoms with van der Waals surface area (Å²) in [7, 11) is 0. The smallest absolute Gasteiger partial charge is 0.307 e. The minimum absolute atomic E-state index is 0.382. The van der Waals surface area contributed by atoms with Crippen LogP contribution in [0.2, 0.25) is 0 Å². The van der Waals surface area contributed by atoms with E-state index in [1.165, 1.54) is 32.3 Å². The third kappa shape index (κ3) is 2.40. The van der Waals surface area contributed by atoms with Gasteiger partial charge in [0, 0.05) is 0 Å². The number of aromatic nitrogens is 2. The van der Waals surface area contributed by atoms with Crippen LogP contribution in [0, 0.1) is 0 Å². The lowest BCUT2D eigenvalue weighted by Crippen LogP contribution is -2.21. The zero-order valence-electron chi connectivity index (χ0n) is 15.9. The molecular formula is C26H16N2O2. The summed E-state index contributed by atoms with van der Waals surface area (Å²) in [6, 6.07) is 28.9. The quantitative estimate of drug-likeness (QED) is 0.373. The molecule has 5 aromatic carbocycles. The van der Waals surface area contributed by atoms with Crippen molar-refractivity contribution in [2.75, 3.05) is 0 Å². The molecule has 30 heavy (non-hydrogen) atoms. The number of hydrogen-bond donors (Lipinski definition) is 2. The first kappa shape index (κ1) is 16.7. The SMILES string of the molecule is O=c1[nH]c(=O)c2cc(-c3ccc4c5ccccc5c5ccccc5c4c3)ccc2[nH]1. The average molecular weight is 388 g/mol. The van der Waals surface area contributed by atoms with Crippen LogP contribution in [0.1, 0.15) is 0 Å². The molecule has 0 spiro atoms. The lowest BCUT2D eigenvalue weighted by molar-refractivity contribution is 1.08. The fraction of sp³-hybridized carbons (Fsp3) is 0. The highest BCUT2D eigenvalue weighted by atomic mass is 16.2. The average Bonchev–Trinajstić information content (AvgIpc) is 2.79. The van der Waals surface area contributed by atoms with Gasteiger partial charge in [0.05, 0.1) is 10.9 Å². The van der Waals surface area contributed by atoms with Crippen LogP contribution in [0.15, 0.2) is 94.5 Å². The second-order valence-electron chi connectivity index (χ2n) is 7.52. The van der Waals surface area contributed by atoms with Gasteiger partial charge in [-0.15, -0.1) is 0 Å². The molecule has 0 amide bonds. The number of nitrogens with one attached hydrogen (secondary N) is 2. The summed E-state index contributed by atoms with van der Waals surface area (Å²) in [4.78, 5) is 28.7. The highest BCUT2D eigenvalue weighted by Gasteiger charge is 2.10. The van der Waals surface area contributed by atoms with Crippen molar-refractivity contribution in [3.05, 3.63) is 106 Å². The standard InChI is InChI=1S/C26H16N2O2/c29-25-23-14-16(10-12-24(23)27-26(30)28-25)15-9-11-21-19-7-2-1-5-17(19)18-6-3-4-8-20(18)22(21)13-15/h1-14H,(H2,27,28,29,30). The van der Waals surface area contributed by atoms with E-state index >= 15 is 0 Å². The van der Waals surface area contributed by atoms with Crippen molar-refractivity contribution < 1.29 is 0 Å². The van der Waals surface area contributed by atoms with Crippen molar-refractivity contribution in [3.63, 3.8) is 0 Å². The predicted molar refractivity (Wildman–Crippen MR) is 123 cm³/mol. The van der Waals surface area contributed by atoms with Crippen LogP contribution in [0.5, 0.6) is 0 Å². The molecule has 2 N–H and O–H groups in total. The highest BCUT2D eigenvalue weighted by molar-refractivity contribution is 6.25. The molecule has 4 nitrogen and oxygen atoms in total. The Morgan fingerprint density at radius 2 is 0.967 bits per heavy atom. The van der Waals surface area contributed by atoms with E-state index in [-0.39, 0.29) is 5.56 Å². The van der Waals surface area contributed by atoms with Gasteiger partial charge in [-0.3, -0.25) is 9.78 Å². The van der Waals surface area contributed by atoms with Crippen molar-refractivity contribution in [2.45, 2.75) is 0 Å². The van der Waals surface area contributed by atoms with Crippen LogP contribution < -0.4 is 11.2 Å². The summed E-state index contributed by atoms with van der Waals surface area (Å²) in [5, 5.41) is 7.75. The van der Waals surface area contributed by atoms with E-state index in [1.54, 1.807) is 6.07 Å². The Hall–Kier alpha value is -4.18. The van der Waals surface area contributed by atoms with E-state index in [9.17, 15) is 9.59 Å². The summed E-state index contributed by atoms with van der Waals surface area (Å²) in [6.07, 6.45) is 0. The van der Waals surface area contributed by atoms with Crippen LogP contribution in [0.4, 0.5) is 0 Å². The monoisotopic (exact) mass is 388 g/mol. The van der Waals surface area contributed by atoms with Crippen LogP contribution in [-0.4, -0.2) is 9.97 Å². The molecule has 1 aromatic heterocycles. The van der Waals surface area contributed by atoms with Gasteiger partial charge in [-0.1, -0.05) is 66.7 Å². The van der Waals surface area contributed by atoms with E-state index in [0.29, 0.717) is 10.9 Å². The predicted octanol–water partition coefficient (Wildman–Crippen LogP) is 5.34. The summed E-state index contributed by atoms with van der Waals surface area (Å²) >= 11 is 0. The highest BCUT2D eigenvalue weighted by Crippen LogP contribution is 2.37. The molecule has 0 bridgehead atoms. The van der Waals surface area contributed by atoms with E-state index in [1.807, 2.05) is 12.1 Å². The number of benzene rings is 5. The molecule has 0 aliphatic carbocycles. The molecular weight excluding hydrogens is 372 g/mol. The molecule has 0 saturated carbocycles. The van der Waals surface area contributed by atoms with E-state index in [2.05, 4.69) is 76.7 Å². The van der Waals surface area contributed by atoms with Gasteiger partial charge in [-0.05, 0) is 61.6 Å². The summed E-state index contributed by atoms with van der Waals surface area (Å²) in [5.74, 6) is 0. The maximum Gasteiger partial charge on any atom is 0.326 e. The Labute approximate surface area is 170 Å². The van der Waals surface area contributed by atoms with Crippen molar-refractivity contribution in [3.8, 4) is 11.1 Å². The zero-order valence-corrected chi connectivity index (χ0v) is 15.9. The largest absolute Gasteiger partial charge is 0.326 e. The van der Waals surface area contributed by atoms with Gasteiger partial charge < -0.3 is 4.98 Å². The van der Waals surface area contributed by atoms with Gasteiger partial charge >= 0.3 is 5.69 Å². The summed E-state index contributed by atoms with van der Waals surface area (Å²) < 4.78 is 0. The molecule has 4 heteroatoms. The summed E-state index contributed by atoms with van der Waals surface area (Å²) in [5.41, 5.74) is 1.61. The van der Waals surface area contributed by atoms with E-state index in [4.69, 9.17) is 0 Å². The van der Waals surface area contributed by atoms with Gasteiger partial charge in [0.1, 0.15) is 0 Å². The fourth-order valence-corrected chi connectivity index (χ4v) is 4.43. The molecule has 0 radical (unpaired) electrons. The third-order valence-corrected chi connectivity index (χ3v) is 5.82. The molecule has 0 aliphatic rings.